The van der Waals surface area contributed by atoms with Gasteiger partial charge in [-0.15, -0.1) is 0 Å². The van der Waals surface area contributed by atoms with E-state index in [1.807, 2.05) is 0 Å². The maximum Gasteiger partial charge on any atom is 0.0812 e. The van der Waals surface area contributed by atoms with E-state index in [1.165, 1.54) is 37.7 Å². The Kier molecular flexibility index (Phi) is 8.85. The van der Waals surface area contributed by atoms with Crippen LogP contribution in [0.25, 0.3) is 0 Å². The van der Waals surface area contributed by atoms with E-state index in [4.69, 9.17) is 4.74 Å². The highest BCUT2D eigenvalue weighted by molar-refractivity contribution is 5.38. The normalized spacial score (nSPS) is 36.1. The third-order valence-electron chi connectivity index (χ3n) is 9.40. The molecule has 0 aromatic heterocycles. The van der Waals surface area contributed by atoms with E-state index in [9.17, 15) is 10.2 Å². The minimum Gasteiger partial charge on any atom is -0.390 e. The second kappa shape index (κ2) is 11.0. The lowest BCUT2D eigenvalue weighted by molar-refractivity contribution is 0.000803. The van der Waals surface area contributed by atoms with Crippen LogP contribution in [0, 0.1) is 23.2 Å². The molecule has 0 spiro atoms. The van der Waals surface area contributed by atoms with Crippen LogP contribution in [0.5, 0.6) is 0 Å². The van der Waals surface area contributed by atoms with E-state index in [0.717, 1.165) is 57.3 Å². The van der Waals surface area contributed by atoms with Crippen molar-refractivity contribution in [3.8, 4) is 0 Å². The van der Waals surface area contributed by atoms with Crippen LogP contribution >= 0.6 is 0 Å². The zero-order chi connectivity index (χ0) is 23.4. The Morgan fingerprint density at radius 1 is 1.16 bits per heavy atom. The van der Waals surface area contributed by atoms with E-state index >= 15 is 0 Å². The molecule has 0 saturated heterocycles. The molecule has 0 amide bonds. The highest BCUT2D eigenvalue weighted by atomic mass is 16.5. The molecule has 0 radical (unpaired) electrons. The second-order valence-corrected chi connectivity index (χ2v) is 11.2. The summed E-state index contributed by atoms with van der Waals surface area (Å²) >= 11 is 0. The molecule has 3 aliphatic rings. The molecule has 0 aromatic rings. The van der Waals surface area contributed by atoms with Crippen LogP contribution in [-0.2, 0) is 4.74 Å². The van der Waals surface area contributed by atoms with Crippen molar-refractivity contribution in [2.24, 2.45) is 23.2 Å². The number of ether oxygens (including phenoxy) is 1. The number of hydrogen-bond acceptors (Lipinski definition) is 3. The van der Waals surface area contributed by atoms with Crippen molar-refractivity contribution in [1.29, 1.82) is 0 Å². The summed E-state index contributed by atoms with van der Waals surface area (Å²) in [5, 5.41) is 20.9. The lowest BCUT2D eigenvalue weighted by Crippen LogP contribution is -2.35. The van der Waals surface area contributed by atoms with Crippen LogP contribution in [0.1, 0.15) is 98.3 Å². The van der Waals surface area contributed by atoms with Gasteiger partial charge in [0.25, 0.3) is 0 Å². The van der Waals surface area contributed by atoms with Gasteiger partial charge < -0.3 is 14.9 Å². The van der Waals surface area contributed by atoms with Gasteiger partial charge in [0, 0.05) is 13.2 Å². The Morgan fingerprint density at radius 2 is 1.91 bits per heavy atom. The molecule has 5 atom stereocenters. The summed E-state index contributed by atoms with van der Waals surface area (Å²) in [6.07, 6.45) is 16.1. The Labute approximate surface area is 197 Å². The zero-order valence-electron chi connectivity index (χ0n) is 21.2. The number of hydrogen-bond donors (Lipinski definition) is 2. The van der Waals surface area contributed by atoms with Gasteiger partial charge in [-0.3, -0.25) is 0 Å². The average molecular weight is 445 g/mol. The predicted molar refractivity (Wildman–Crippen MR) is 133 cm³/mol. The minimum atomic E-state index is -0.511. The van der Waals surface area contributed by atoms with Gasteiger partial charge in [0.1, 0.15) is 0 Å². The Bertz CT molecular complexity index is 701. The van der Waals surface area contributed by atoms with Crippen molar-refractivity contribution in [3.05, 3.63) is 35.5 Å². The van der Waals surface area contributed by atoms with Gasteiger partial charge in [0.2, 0.25) is 0 Å². The second-order valence-electron chi connectivity index (χ2n) is 11.2. The molecule has 3 rings (SSSR count). The van der Waals surface area contributed by atoms with Crippen LogP contribution in [0.2, 0.25) is 0 Å². The van der Waals surface area contributed by atoms with Gasteiger partial charge in [0.05, 0.1) is 11.7 Å². The molecular weight excluding hydrogens is 396 g/mol. The summed E-state index contributed by atoms with van der Waals surface area (Å²) in [7, 11) is 0. The molecule has 3 heteroatoms. The first-order valence-electron chi connectivity index (χ1n) is 13.3. The first-order chi connectivity index (χ1) is 15.2. The van der Waals surface area contributed by atoms with Crippen LogP contribution < -0.4 is 0 Å². The van der Waals surface area contributed by atoms with E-state index in [1.54, 1.807) is 5.57 Å². The van der Waals surface area contributed by atoms with Crippen molar-refractivity contribution >= 4 is 0 Å². The molecule has 3 aliphatic carbocycles. The Morgan fingerprint density at radius 3 is 2.62 bits per heavy atom. The Balaban J connectivity index is 1.56. The lowest BCUT2D eigenvalue weighted by atomic mass is 9.63. The number of rotatable bonds is 9. The lowest BCUT2D eigenvalue weighted by Gasteiger charge is -2.42. The molecule has 3 fully saturated rings. The molecule has 2 N–H and O–H groups in total. The van der Waals surface area contributed by atoms with E-state index in [2.05, 4.69) is 46.4 Å². The first kappa shape index (κ1) is 25.7. The quantitative estimate of drug-likeness (QED) is 0.387. The molecule has 0 heterocycles. The van der Waals surface area contributed by atoms with Crippen molar-refractivity contribution in [2.45, 2.75) is 110 Å². The largest absolute Gasteiger partial charge is 0.390 e. The zero-order valence-corrected chi connectivity index (χ0v) is 21.2. The van der Waals surface area contributed by atoms with Crippen LogP contribution in [0.4, 0.5) is 0 Å². The highest BCUT2D eigenvalue weighted by Crippen LogP contribution is 2.57. The monoisotopic (exact) mass is 444 g/mol. The fourth-order valence-electron chi connectivity index (χ4n) is 6.59. The molecule has 32 heavy (non-hydrogen) atoms. The van der Waals surface area contributed by atoms with Gasteiger partial charge >= 0.3 is 0 Å². The third kappa shape index (κ3) is 5.59. The summed E-state index contributed by atoms with van der Waals surface area (Å²) in [5.74, 6) is 1.61. The number of aliphatic hydroxyl groups excluding tert-OH is 1. The molecule has 3 saturated carbocycles. The minimum absolute atomic E-state index is 0.318. The number of allylic oxidation sites excluding steroid dienone is 3. The fraction of sp³-hybridized carbons (Fsp3) is 0.793. The van der Waals surface area contributed by atoms with E-state index < -0.39 is 5.60 Å². The van der Waals surface area contributed by atoms with Crippen LogP contribution in [0.15, 0.2) is 35.5 Å². The predicted octanol–water partition coefficient (Wildman–Crippen LogP) is 6.75. The van der Waals surface area contributed by atoms with Crippen molar-refractivity contribution in [2.75, 3.05) is 13.2 Å². The highest BCUT2D eigenvalue weighted by Gasteiger charge is 2.49. The average Bonchev–Trinajstić information content (AvgIpc) is 3.13. The van der Waals surface area contributed by atoms with E-state index in [0.29, 0.717) is 23.2 Å². The smallest absolute Gasteiger partial charge is 0.0812 e. The van der Waals surface area contributed by atoms with Gasteiger partial charge in [-0.2, -0.15) is 0 Å². The number of fused-ring (bicyclic) bond motifs is 1. The molecular formula is C29H48O3. The SMILES string of the molecule is C=C1/C(=C\C=C2/CCCC3(C)C(COCCCC(O)(CC)CC)CCC23)CCC(C)C1O. The maximum absolute atomic E-state index is 10.5. The maximum atomic E-state index is 10.5. The third-order valence-corrected chi connectivity index (χ3v) is 9.40. The van der Waals surface area contributed by atoms with Crippen molar-refractivity contribution in [1.82, 2.24) is 0 Å². The molecule has 0 aromatic carbocycles. The first-order valence-corrected chi connectivity index (χ1v) is 13.3. The Hall–Kier alpha value is -0.900. The van der Waals surface area contributed by atoms with Gasteiger partial charge in [-0.25, -0.2) is 0 Å². The van der Waals surface area contributed by atoms with Gasteiger partial charge in [0.15, 0.2) is 0 Å². The molecule has 182 valence electrons. The van der Waals surface area contributed by atoms with Gasteiger partial charge in [-0.1, -0.05) is 52.0 Å². The number of aliphatic hydroxyl groups is 2. The van der Waals surface area contributed by atoms with Crippen molar-refractivity contribution < 1.29 is 14.9 Å². The summed E-state index contributed by atoms with van der Waals surface area (Å²) in [6, 6.07) is 0. The van der Waals surface area contributed by atoms with E-state index in [-0.39, 0.29) is 6.10 Å². The standard InChI is InChI=1S/C29H48O3/c1-6-29(31,7-2)18-9-19-32-20-25-15-16-26-24(10-8-17-28(25,26)5)14-13-23-12-11-21(3)27(30)22(23)4/h13-14,21,25-27,30-31H,4,6-12,15-20H2,1-3,5H3/b23-13-,24-14+. The summed E-state index contributed by atoms with van der Waals surface area (Å²) in [5.41, 5.74) is 3.60. The summed E-state index contributed by atoms with van der Waals surface area (Å²) < 4.78 is 6.16. The van der Waals surface area contributed by atoms with Crippen LogP contribution in [-0.4, -0.2) is 35.1 Å². The molecule has 3 nitrogen and oxygen atoms in total. The topological polar surface area (TPSA) is 49.7 Å². The molecule has 0 bridgehead atoms. The fourth-order valence-corrected chi connectivity index (χ4v) is 6.59. The van der Waals surface area contributed by atoms with Crippen LogP contribution in [0.3, 0.4) is 0 Å². The summed E-state index contributed by atoms with van der Waals surface area (Å²) in [4.78, 5) is 0. The molecule has 5 unspecified atom stereocenters. The van der Waals surface area contributed by atoms with Crippen molar-refractivity contribution in [3.63, 3.8) is 0 Å². The van der Waals surface area contributed by atoms with Gasteiger partial charge in [-0.05, 0) is 105 Å². The molecule has 0 aliphatic heterocycles. The summed E-state index contributed by atoms with van der Waals surface area (Å²) in [6.45, 7) is 14.6.